The van der Waals surface area contributed by atoms with Crippen molar-refractivity contribution in [2.45, 2.75) is 51.5 Å². The van der Waals surface area contributed by atoms with Crippen molar-refractivity contribution >= 4 is 33.5 Å². The van der Waals surface area contributed by atoms with E-state index in [-0.39, 0.29) is 42.1 Å². The van der Waals surface area contributed by atoms with Crippen molar-refractivity contribution in [3.8, 4) is 0 Å². The van der Waals surface area contributed by atoms with Crippen molar-refractivity contribution in [1.29, 1.82) is 0 Å². The molecule has 0 radical (unpaired) electrons. The maximum atomic E-state index is 13.2. The standard InChI is InChI=1S/C21H31NO5S2/c1-5-16(4)18(21(24)27-6-2)13-20(23)19-14-28-12-11-22(19)29(25,26)17-9-7-15(3)8-10-17/h7-10,16,18-19H,5-6,11-14H2,1-4H3/t16?,18-,19-/m0/s1. The zero-order valence-corrected chi connectivity index (χ0v) is 19.2. The van der Waals surface area contributed by atoms with Crippen molar-refractivity contribution in [2.24, 2.45) is 11.8 Å². The van der Waals surface area contributed by atoms with Crippen LogP contribution in [-0.2, 0) is 24.3 Å². The molecule has 1 fully saturated rings. The molecular formula is C21H31NO5S2. The molecule has 0 bridgehead atoms. The van der Waals surface area contributed by atoms with Crippen LogP contribution in [0, 0.1) is 18.8 Å². The molecule has 6 nitrogen and oxygen atoms in total. The number of ether oxygens (including phenoxy) is 1. The number of benzene rings is 1. The monoisotopic (exact) mass is 441 g/mol. The third kappa shape index (κ3) is 5.83. The zero-order valence-electron chi connectivity index (χ0n) is 17.6. The number of aryl methyl sites for hydroxylation is 1. The van der Waals surface area contributed by atoms with Gasteiger partial charge in [0, 0.05) is 24.5 Å². The Morgan fingerprint density at radius 3 is 2.48 bits per heavy atom. The predicted octanol–water partition coefficient (Wildman–Crippen LogP) is 3.29. The van der Waals surface area contributed by atoms with Crippen LogP contribution in [-0.4, -0.2) is 55.2 Å². The SMILES string of the molecule is CCOC(=O)[C@@H](CC(=O)[C@@H]1CSCCN1S(=O)(=O)c1ccc(C)cc1)C(C)CC. The third-order valence-corrected chi connectivity index (χ3v) is 8.36. The van der Waals surface area contributed by atoms with E-state index in [1.165, 1.54) is 4.31 Å². The molecule has 0 aromatic heterocycles. The molecule has 1 saturated heterocycles. The van der Waals surface area contributed by atoms with Crippen molar-refractivity contribution in [3.63, 3.8) is 0 Å². The number of nitrogens with zero attached hydrogens (tertiary/aromatic N) is 1. The molecule has 0 N–H and O–H groups in total. The van der Waals surface area contributed by atoms with Crippen molar-refractivity contribution < 1.29 is 22.7 Å². The van der Waals surface area contributed by atoms with E-state index >= 15 is 0 Å². The number of ketones is 1. The van der Waals surface area contributed by atoms with Gasteiger partial charge in [-0.2, -0.15) is 16.1 Å². The molecule has 2 rings (SSSR count). The molecular weight excluding hydrogens is 410 g/mol. The molecule has 1 unspecified atom stereocenters. The van der Waals surface area contributed by atoms with Crippen LogP contribution in [0.1, 0.15) is 39.2 Å². The first-order valence-electron chi connectivity index (χ1n) is 10.1. The lowest BCUT2D eigenvalue weighted by molar-refractivity contribution is -0.151. The Morgan fingerprint density at radius 2 is 1.90 bits per heavy atom. The number of carbonyl (C=O) groups is 2. The van der Waals surface area contributed by atoms with Gasteiger partial charge in [0.2, 0.25) is 10.0 Å². The summed E-state index contributed by atoms with van der Waals surface area (Å²) in [7, 11) is -3.78. The Labute approximate surface area is 178 Å². The Morgan fingerprint density at radius 1 is 1.24 bits per heavy atom. The molecule has 0 aliphatic carbocycles. The van der Waals surface area contributed by atoms with Gasteiger partial charge in [-0.15, -0.1) is 0 Å². The maximum Gasteiger partial charge on any atom is 0.309 e. The number of hydrogen-bond donors (Lipinski definition) is 0. The first kappa shape index (κ1) is 23.9. The minimum absolute atomic E-state index is 0.00101. The van der Waals surface area contributed by atoms with E-state index in [0.29, 0.717) is 11.5 Å². The number of rotatable bonds is 9. The molecule has 162 valence electrons. The Hall–Kier alpha value is -1.38. The van der Waals surface area contributed by atoms with E-state index in [4.69, 9.17) is 4.74 Å². The molecule has 1 aliphatic rings. The first-order chi connectivity index (χ1) is 13.7. The maximum absolute atomic E-state index is 13.2. The van der Waals surface area contributed by atoms with Crippen LogP contribution in [0.15, 0.2) is 29.2 Å². The second kappa shape index (κ2) is 10.6. The van der Waals surface area contributed by atoms with Gasteiger partial charge < -0.3 is 4.74 Å². The van der Waals surface area contributed by atoms with Crippen LogP contribution in [0.25, 0.3) is 0 Å². The van der Waals surface area contributed by atoms with Gasteiger partial charge in [0.1, 0.15) is 0 Å². The van der Waals surface area contributed by atoms with E-state index in [0.717, 1.165) is 12.0 Å². The van der Waals surface area contributed by atoms with Gasteiger partial charge in [-0.3, -0.25) is 9.59 Å². The lowest BCUT2D eigenvalue weighted by Gasteiger charge is -2.34. The smallest absolute Gasteiger partial charge is 0.309 e. The number of Topliss-reactive ketones (excluding diaryl/α,β-unsaturated/α-hetero) is 1. The molecule has 1 aromatic carbocycles. The summed E-state index contributed by atoms with van der Waals surface area (Å²) in [5, 5.41) is 0. The summed E-state index contributed by atoms with van der Waals surface area (Å²) in [6.45, 7) is 8.06. The molecule has 8 heteroatoms. The second-order valence-corrected chi connectivity index (χ2v) is 10.5. The molecule has 0 spiro atoms. The molecule has 29 heavy (non-hydrogen) atoms. The molecule has 1 heterocycles. The average molecular weight is 442 g/mol. The number of thioether (sulfide) groups is 1. The minimum Gasteiger partial charge on any atom is -0.466 e. The predicted molar refractivity (Wildman–Crippen MR) is 115 cm³/mol. The van der Waals surface area contributed by atoms with Crippen LogP contribution in [0.4, 0.5) is 0 Å². The van der Waals surface area contributed by atoms with Crippen molar-refractivity contribution in [2.75, 3.05) is 24.7 Å². The molecule has 0 saturated carbocycles. The fraction of sp³-hybridized carbons (Fsp3) is 0.619. The van der Waals surface area contributed by atoms with E-state index < -0.39 is 22.0 Å². The fourth-order valence-corrected chi connectivity index (χ4v) is 6.28. The molecule has 1 aromatic rings. The number of sulfonamides is 1. The van der Waals surface area contributed by atoms with Crippen molar-refractivity contribution in [3.05, 3.63) is 29.8 Å². The Balaban J connectivity index is 2.26. The van der Waals surface area contributed by atoms with Gasteiger partial charge in [-0.25, -0.2) is 8.42 Å². The molecule has 0 amide bonds. The summed E-state index contributed by atoms with van der Waals surface area (Å²) in [5.41, 5.74) is 0.969. The van der Waals surface area contributed by atoms with Crippen LogP contribution in [0.5, 0.6) is 0 Å². The largest absolute Gasteiger partial charge is 0.466 e. The van der Waals surface area contributed by atoms with E-state index in [1.54, 1.807) is 43.0 Å². The number of esters is 1. The third-order valence-electron chi connectivity index (χ3n) is 5.42. The topological polar surface area (TPSA) is 80.8 Å². The summed E-state index contributed by atoms with van der Waals surface area (Å²) in [4.78, 5) is 25.7. The minimum atomic E-state index is -3.78. The Kier molecular flexibility index (Phi) is 8.73. The van der Waals surface area contributed by atoms with Gasteiger partial charge in [-0.05, 0) is 31.9 Å². The van der Waals surface area contributed by atoms with E-state index in [2.05, 4.69) is 0 Å². The van der Waals surface area contributed by atoms with E-state index in [9.17, 15) is 18.0 Å². The quantitative estimate of drug-likeness (QED) is 0.547. The highest BCUT2D eigenvalue weighted by molar-refractivity contribution is 7.99. The molecule has 1 aliphatic heterocycles. The Bertz CT molecular complexity index is 807. The first-order valence-corrected chi connectivity index (χ1v) is 12.7. The van der Waals surface area contributed by atoms with Crippen molar-refractivity contribution in [1.82, 2.24) is 4.31 Å². The zero-order chi connectivity index (χ0) is 21.6. The highest BCUT2D eigenvalue weighted by Crippen LogP contribution is 2.29. The van der Waals surface area contributed by atoms with E-state index in [1.807, 2.05) is 20.8 Å². The summed E-state index contributed by atoms with van der Waals surface area (Å²) in [6.07, 6.45) is 0.737. The van der Waals surface area contributed by atoms with Gasteiger partial charge >= 0.3 is 5.97 Å². The summed E-state index contributed by atoms with van der Waals surface area (Å²) in [6, 6.07) is 5.90. The number of carbonyl (C=O) groups excluding carboxylic acids is 2. The van der Waals surface area contributed by atoms with Crippen LogP contribution in [0.3, 0.4) is 0 Å². The number of hydrogen-bond acceptors (Lipinski definition) is 6. The van der Waals surface area contributed by atoms with Gasteiger partial charge in [0.15, 0.2) is 5.78 Å². The van der Waals surface area contributed by atoms with Crippen LogP contribution in [0.2, 0.25) is 0 Å². The second-order valence-electron chi connectivity index (χ2n) is 7.43. The average Bonchev–Trinajstić information content (AvgIpc) is 2.71. The summed E-state index contributed by atoms with van der Waals surface area (Å²) in [5.74, 6) is -0.126. The fourth-order valence-electron chi connectivity index (χ4n) is 3.38. The highest BCUT2D eigenvalue weighted by atomic mass is 32.2. The molecule has 3 atom stereocenters. The lowest BCUT2D eigenvalue weighted by Crippen LogP contribution is -2.51. The van der Waals surface area contributed by atoms with Crippen LogP contribution < -0.4 is 0 Å². The lowest BCUT2D eigenvalue weighted by atomic mass is 9.86. The summed E-state index contributed by atoms with van der Waals surface area (Å²) >= 11 is 1.57. The summed E-state index contributed by atoms with van der Waals surface area (Å²) < 4.78 is 32.9. The van der Waals surface area contributed by atoms with Gasteiger partial charge in [0.05, 0.1) is 23.5 Å². The van der Waals surface area contributed by atoms with Crippen LogP contribution >= 0.6 is 11.8 Å². The normalized spacial score (nSPS) is 20.1. The van der Waals surface area contributed by atoms with Gasteiger partial charge in [-0.1, -0.05) is 38.0 Å². The highest BCUT2D eigenvalue weighted by Gasteiger charge is 2.40. The van der Waals surface area contributed by atoms with Gasteiger partial charge in [0.25, 0.3) is 0 Å².